The van der Waals surface area contributed by atoms with Crippen molar-refractivity contribution in [3.05, 3.63) is 42.2 Å². The van der Waals surface area contributed by atoms with Crippen molar-refractivity contribution in [1.29, 1.82) is 0 Å². The topological polar surface area (TPSA) is 92.0 Å². The molecule has 30 heavy (non-hydrogen) atoms. The van der Waals surface area contributed by atoms with Gasteiger partial charge in [-0.25, -0.2) is 8.42 Å². The number of nitrogens with two attached hydrogens (primary N) is 1. The lowest BCUT2D eigenvalue weighted by Crippen LogP contribution is -2.43. The predicted octanol–water partition coefficient (Wildman–Crippen LogP) is 1.58. The average molecular weight is 430 g/mol. The lowest BCUT2D eigenvalue weighted by Gasteiger charge is -2.34. The zero-order chi connectivity index (χ0) is 20.9. The van der Waals surface area contributed by atoms with Gasteiger partial charge in [0.05, 0.1) is 41.1 Å². The van der Waals surface area contributed by atoms with Crippen LogP contribution in [0.4, 0.5) is 11.4 Å². The molecule has 0 spiro atoms. The summed E-state index contributed by atoms with van der Waals surface area (Å²) in [6.07, 6.45) is 3.57. The molecule has 2 aromatic rings. The van der Waals surface area contributed by atoms with Gasteiger partial charge in [0.2, 0.25) is 0 Å². The predicted molar refractivity (Wildman–Crippen MR) is 115 cm³/mol. The molecular weight excluding hydrogens is 402 g/mol. The van der Waals surface area contributed by atoms with Gasteiger partial charge in [-0.3, -0.25) is 14.2 Å². The van der Waals surface area contributed by atoms with E-state index in [0.29, 0.717) is 24.6 Å². The molecule has 0 amide bonds. The normalized spacial score (nSPS) is 22.5. The molecule has 1 aromatic carbocycles. The van der Waals surface area contributed by atoms with Crippen LogP contribution in [0.3, 0.4) is 0 Å². The fourth-order valence-electron chi connectivity index (χ4n) is 4.59. The summed E-state index contributed by atoms with van der Waals surface area (Å²) in [5.74, 6) is 0.608. The van der Waals surface area contributed by atoms with E-state index in [9.17, 15) is 8.42 Å². The minimum atomic E-state index is -3.74. The van der Waals surface area contributed by atoms with Gasteiger partial charge in [0.15, 0.2) is 0 Å². The van der Waals surface area contributed by atoms with Crippen LogP contribution in [0, 0.1) is 0 Å². The first-order valence-corrected chi connectivity index (χ1v) is 11.8. The largest absolute Gasteiger partial charge is 0.490 e. The molecule has 1 saturated heterocycles. The Kier molecular flexibility index (Phi) is 4.83. The number of nitrogens with zero attached hydrogens (tertiary/aromatic N) is 4. The third kappa shape index (κ3) is 3.21. The molecule has 1 atom stereocenters. The number of fused-ring (bicyclic) bond motifs is 2. The lowest BCUT2D eigenvalue weighted by atomic mass is 10.0. The molecule has 9 heteroatoms. The summed E-state index contributed by atoms with van der Waals surface area (Å²) in [7, 11) is -1.76. The van der Waals surface area contributed by atoms with E-state index >= 15 is 0 Å². The van der Waals surface area contributed by atoms with Crippen LogP contribution in [0.25, 0.3) is 0 Å². The lowest BCUT2D eigenvalue weighted by molar-refractivity contribution is 0.160. The molecule has 2 N–H and O–H groups in total. The van der Waals surface area contributed by atoms with Crippen LogP contribution >= 0.6 is 0 Å². The molecule has 4 heterocycles. The molecule has 0 bridgehead atoms. The molecule has 3 aliphatic heterocycles. The van der Waals surface area contributed by atoms with Crippen LogP contribution in [0.2, 0.25) is 0 Å². The van der Waals surface area contributed by atoms with Crippen LogP contribution < -0.4 is 19.7 Å². The Morgan fingerprint density at radius 3 is 2.73 bits per heavy atom. The summed E-state index contributed by atoms with van der Waals surface area (Å²) < 4.78 is 34.5. The maximum absolute atomic E-state index is 13.6. The van der Waals surface area contributed by atoms with Crippen molar-refractivity contribution >= 4 is 21.4 Å². The molecule has 0 saturated carbocycles. The highest BCUT2D eigenvalue weighted by atomic mass is 32.2. The number of pyridine rings is 1. The van der Waals surface area contributed by atoms with E-state index in [2.05, 4.69) is 14.8 Å². The number of likely N-dealkylation sites (N-methyl/N-ethyl adjacent to an activating group) is 1. The van der Waals surface area contributed by atoms with Crippen molar-refractivity contribution in [3.8, 4) is 5.75 Å². The van der Waals surface area contributed by atoms with Crippen LogP contribution in [0.15, 0.2) is 41.4 Å². The summed E-state index contributed by atoms with van der Waals surface area (Å²) in [6.45, 7) is 3.40. The van der Waals surface area contributed by atoms with Gasteiger partial charge in [-0.15, -0.1) is 0 Å². The molecule has 3 aliphatic rings. The van der Waals surface area contributed by atoms with Gasteiger partial charge in [0.1, 0.15) is 12.4 Å². The zero-order valence-electron chi connectivity index (χ0n) is 17.1. The molecular formula is C21H27N5O3S. The van der Waals surface area contributed by atoms with Gasteiger partial charge >= 0.3 is 0 Å². The first kappa shape index (κ1) is 19.6. The van der Waals surface area contributed by atoms with Crippen LogP contribution in [0.5, 0.6) is 5.75 Å². The minimum absolute atomic E-state index is 0.0523. The van der Waals surface area contributed by atoms with E-state index in [1.165, 1.54) is 4.31 Å². The van der Waals surface area contributed by atoms with Crippen molar-refractivity contribution < 1.29 is 13.2 Å². The van der Waals surface area contributed by atoms with Gasteiger partial charge in [-0.2, -0.15) is 0 Å². The van der Waals surface area contributed by atoms with E-state index in [0.717, 1.165) is 43.9 Å². The van der Waals surface area contributed by atoms with Crippen molar-refractivity contribution in [3.63, 3.8) is 0 Å². The second kappa shape index (κ2) is 7.40. The number of likely N-dealkylation sites (tertiary alicyclic amines) is 1. The summed E-state index contributed by atoms with van der Waals surface area (Å²) in [6, 6.07) is 8.94. The Morgan fingerprint density at radius 1 is 1.13 bits per heavy atom. The van der Waals surface area contributed by atoms with E-state index in [4.69, 9.17) is 10.5 Å². The first-order valence-electron chi connectivity index (χ1n) is 10.4. The molecule has 160 valence electrons. The van der Waals surface area contributed by atoms with E-state index in [1.54, 1.807) is 24.4 Å². The van der Waals surface area contributed by atoms with Gasteiger partial charge in [-0.05, 0) is 37.1 Å². The Bertz CT molecular complexity index is 1050. The molecule has 0 radical (unpaired) electrons. The quantitative estimate of drug-likeness (QED) is 0.792. The molecule has 5 rings (SSSR count). The molecule has 1 aromatic heterocycles. The number of anilines is 2. The van der Waals surface area contributed by atoms with Gasteiger partial charge in [-0.1, -0.05) is 0 Å². The number of hydrogen-bond acceptors (Lipinski definition) is 7. The summed E-state index contributed by atoms with van der Waals surface area (Å²) >= 11 is 0. The Balaban J connectivity index is 1.49. The van der Waals surface area contributed by atoms with E-state index in [-0.39, 0.29) is 17.0 Å². The van der Waals surface area contributed by atoms with Crippen LogP contribution in [0.1, 0.15) is 24.6 Å². The standard InChI is InChI=1S/C21H27N5O3S/c1-24-11-12-29-20-13-16(4-5-17(20)24)30(27,28)26-14-19(21-18(26)3-2-8-23-21)25-9-6-15(22)7-10-25/h2-5,8,13,15,19H,6-7,9-12,14,22H2,1H3. The smallest absolute Gasteiger partial charge is 0.264 e. The number of piperidine rings is 1. The van der Waals surface area contributed by atoms with E-state index < -0.39 is 10.0 Å². The van der Waals surface area contributed by atoms with Crippen molar-refractivity contribution in [2.24, 2.45) is 5.73 Å². The molecule has 1 unspecified atom stereocenters. The molecule has 1 fully saturated rings. The van der Waals surface area contributed by atoms with E-state index in [1.807, 2.05) is 19.2 Å². The van der Waals surface area contributed by atoms with Gasteiger partial charge < -0.3 is 15.4 Å². The van der Waals surface area contributed by atoms with Crippen molar-refractivity contribution in [2.45, 2.75) is 29.8 Å². The van der Waals surface area contributed by atoms with Crippen molar-refractivity contribution in [1.82, 2.24) is 9.88 Å². The zero-order valence-corrected chi connectivity index (χ0v) is 17.9. The number of hydrogen-bond donors (Lipinski definition) is 1. The maximum Gasteiger partial charge on any atom is 0.264 e. The fourth-order valence-corrected chi connectivity index (χ4v) is 6.09. The number of benzene rings is 1. The van der Waals surface area contributed by atoms with Gasteiger partial charge in [0, 0.05) is 38.4 Å². The maximum atomic E-state index is 13.6. The average Bonchev–Trinajstić information content (AvgIpc) is 3.15. The molecule has 0 aliphatic carbocycles. The Labute approximate surface area is 177 Å². The fraction of sp³-hybridized carbons (Fsp3) is 0.476. The first-order chi connectivity index (χ1) is 14.4. The highest BCUT2D eigenvalue weighted by molar-refractivity contribution is 7.92. The number of aromatic nitrogens is 1. The second-order valence-corrected chi connectivity index (χ2v) is 10.1. The Morgan fingerprint density at radius 2 is 1.93 bits per heavy atom. The summed E-state index contributed by atoms with van der Waals surface area (Å²) in [4.78, 5) is 9.19. The number of sulfonamides is 1. The minimum Gasteiger partial charge on any atom is -0.490 e. The van der Waals surface area contributed by atoms with Crippen LogP contribution in [-0.4, -0.2) is 64.2 Å². The third-order valence-corrected chi connectivity index (χ3v) is 8.14. The Hall–Kier alpha value is -2.36. The SMILES string of the molecule is CN1CCOc2cc(S(=O)(=O)N3CC(N4CCC(N)CC4)c4ncccc43)ccc21. The highest BCUT2D eigenvalue weighted by Gasteiger charge is 2.41. The number of ether oxygens (including phenoxy) is 1. The molecule has 8 nitrogen and oxygen atoms in total. The summed E-state index contributed by atoms with van der Waals surface area (Å²) in [5.41, 5.74) is 8.46. The third-order valence-electron chi connectivity index (χ3n) is 6.37. The monoisotopic (exact) mass is 429 g/mol. The van der Waals surface area contributed by atoms with Gasteiger partial charge in [0.25, 0.3) is 10.0 Å². The van der Waals surface area contributed by atoms with Crippen molar-refractivity contribution in [2.75, 3.05) is 49.0 Å². The summed E-state index contributed by atoms with van der Waals surface area (Å²) in [5, 5.41) is 0. The number of rotatable bonds is 3. The second-order valence-electron chi connectivity index (χ2n) is 8.23. The van der Waals surface area contributed by atoms with Crippen LogP contribution in [-0.2, 0) is 10.0 Å². The highest BCUT2D eigenvalue weighted by Crippen LogP contribution is 2.42.